The van der Waals surface area contributed by atoms with Gasteiger partial charge in [0.1, 0.15) is 5.75 Å². The van der Waals surface area contributed by atoms with E-state index in [4.69, 9.17) is 20.9 Å². The van der Waals surface area contributed by atoms with Crippen LogP contribution in [0.4, 0.5) is 0 Å². The number of carbonyl (C=O) groups excluding carboxylic acids is 1. The fourth-order valence-electron chi connectivity index (χ4n) is 1.41. The van der Waals surface area contributed by atoms with E-state index in [2.05, 4.69) is 4.99 Å². The van der Waals surface area contributed by atoms with Crippen molar-refractivity contribution in [3.8, 4) is 5.75 Å². The number of rotatable bonds is 7. The molecule has 6 heteroatoms. The molecule has 0 radical (unpaired) electrons. The first-order valence-electron chi connectivity index (χ1n) is 6.04. The average Bonchev–Trinajstić information content (AvgIpc) is 2.38. The van der Waals surface area contributed by atoms with Crippen molar-refractivity contribution in [2.24, 2.45) is 16.5 Å². The highest BCUT2D eigenvalue weighted by atomic mass is 16.6. The van der Waals surface area contributed by atoms with Crippen LogP contribution in [0.25, 0.3) is 0 Å². The molecule has 0 spiro atoms. The monoisotopic (exact) mass is 265 g/mol. The van der Waals surface area contributed by atoms with Crippen LogP contribution in [0.2, 0.25) is 0 Å². The lowest BCUT2D eigenvalue weighted by molar-refractivity contribution is -0.145. The summed E-state index contributed by atoms with van der Waals surface area (Å²) in [5.74, 6) is 0.340. The van der Waals surface area contributed by atoms with Crippen LogP contribution in [0.1, 0.15) is 12.5 Å². The molecule has 0 unspecified atom stereocenters. The third-order valence-electron chi connectivity index (χ3n) is 2.28. The quantitative estimate of drug-likeness (QED) is 0.423. The summed E-state index contributed by atoms with van der Waals surface area (Å²) in [6.07, 6.45) is 0.746. The first-order chi connectivity index (χ1) is 9.11. The number of hydrogen-bond donors (Lipinski definition) is 2. The van der Waals surface area contributed by atoms with Crippen LogP contribution in [-0.2, 0) is 16.0 Å². The molecule has 1 aromatic rings. The van der Waals surface area contributed by atoms with Gasteiger partial charge in [-0.3, -0.25) is 4.99 Å². The molecular formula is C13H19N3O3. The molecule has 0 atom stereocenters. The van der Waals surface area contributed by atoms with Crippen LogP contribution in [-0.4, -0.2) is 31.7 Å². The normalized spacial score (nSPS) is 9.74. The Morgan fingerprint density at radius 2 is 1.95 bits per heavy atom. The summed E-state index contributed by atoms with van der Waals surface area (Å²) in [4.78, 5) is 15.0. The van der Waals surface area contributed by atoms with Crippen LogP contribution < -0.4 is 16.2 Å². The molecule has 0 aliphatic carbocycles. The maximum absolute atomic E-state index is 11.1. The van der Waals surface area contributed by atoms with Crippen LogP contribution in [0.3, 0.4) is 0 Å². The van der Waals surface area contributed by atoms with E-state index < -0.39 is 0 Å². The van der Waals surface area contributed by atoms with Crippen LogP contribution >= 0.6 is 0 Å². The van der Waals surface area contributed by atoms with Gasteiger partial charge in [0.25, 0.3) is 0 Å². The molecule has 4 N–H and O–H groups in total. The van der Waals surface area contributed by atoms with E-state index in [0.717, 1.165) is 12.0 Å². The van der Waals surface area contributed by atoms with E-state index in [1.807, 2.05) is 12.1 Å². The molecule has 0 aliphatic heterocycles. The van der Waals surface area contributed by atoms with Gasteiger partial charge in [-0.15, -0.1) is 0 Å². The summed E-state index contributed by atoms with van der Waals surface area (Å²) < 4.78 is 10.0. The molecule has 0 aromatic heterocycles. The number of esters is 1. The summed E-state index contributed by atoms with van der Waals surface area (Å²) in [5, 5.41) is 0. The molecule has 0 fully saturated rings. The number of nitrogens with two attached hydrogens (primary N) is 2. The summed E-state index contributed by atoms with van der Waals surface area (Å²) in [6.45, 7) is 2.57. The minimum Gasteiger partial charge on any atom is -0.482 e. The van der Waals surface area contributed by atoms with Gasteiger partial charge in [-0.25, -0.2) is 4.79 Å². The Labute approximate surface area is 112 Å². The Bertz CT molecular complexity index is 425. The highest BCUT2D eigenvalue weighted by Crippen LogP contribution is 2.12. The molecule has 1 aromatic carbocycles. The zero-order valence-corrected chi connectivity index (χ0v) is 11.0. The minimum absolute atomic E-state index is 0.0822. The van der Waals surface area contributed by atoms with Crippen molar-refractivity contribution in [2.75, 3.05) is 19.8 Å². The second-order valence-electron chi connectivity index (χ2n) is 3.79. The van der Waals surface area contributed by atoms with E-state index in [-0.39, 0.29) is 18.5 Å². The lowest BCUT2D eigenvalue weighted by Gasteiger charge is -2.06. The number of ether oxygens (including phenoxy) is 2. The molecule has 0 amide bonds. The van der Waals surface area contributed by atoms with Crippen LogP contribution in [0.15, 0.2) is 29.3 Å². The van der Waals surface area contributed by atoms with Gasteiger partial charge in [-0.2, -0.15) is 0 Å². The highest BCUT2D eigenvalue weighted by Gasteiger charge is 2.02. The van der Waals surface area contributed by atoms with Crippen molar-refractivity contribution in [3.05, 3.63) is 29.8 Å². The van der Waals surface area contributed by atoms with E-state index in [0.29, 0.717) is 18.9 Å². The third-order valence-corrected chi connectivity index (χ3v) is 2.28. The van der Waals surface area contributed by atoms with Crippen molar-refractivity contribution in [1.29, 1.82) is 0 Å². The molecule has 6 nitrogen and oxygen atoms in total. The zero-order valence-electron chi connectivity index (χ0n) is 11.0. The second kappa shape index (κ2) is 7.97. The summed E-state index contributed by atoms with van der Waals surface area (Å²) in [5.41, 5.74) is 11.6. The van der Waals surface area contributed by atoms with Crippen LogP contribution in [0, 0.1) is 0 Å². The Balaban J connectivity index is 2.39. The van der Waals surface area contributed by atoms with E-state index in [1.54, 1.807) is 19.1 Å². The van der Waals surface area contributed by atoms with Crippen molar-refractivity contribution >= 4 is 11.9 Å². The standard InChI is InChI=1S/C13H19N3O3/c1-2-18-12(17)9-19-11-5-3-10(4-6-11)7-8-16-13(14)15/h3-6H,2,7-9H2,1H3,(H4,14,15,16). The second-order valence-corrected chi connectivity index (χ2v) is 3.79. The molecular weight excluding hydrogens is 246 g/mol. The average molecular weight is 265 g/mol. The van der Waals surface area contributed by atoms with Crippen molar-refractivity contribution < 1.29 is 14.3 Å². The SMILES string of the molecule is CCOC(=O)COc1ccc(CCN=C(N)N)cc1. The van der Waals surface area contributed by atoms with Crippen molar-refractivity contribution in [2.45, 2.75) is 13.3 Å². The van der Waals surface area contributed by atoms with Gasteiger partial charge >= 0.3 is 5.97 Å². The molecule has 0 saturated heterocycles. The number of hydrogen-bond acceptors (Lipinski definition) is 4. The summed E-state index contributed by atoms with van der Waals surface area (Å²) in [7, 11) is 0. The maximum Gasteiger partial charge on any atom is 0.344 e. The molecule has 1 rings (SSSR count). The molecule has 0 saturated carbocycles. The molecule has 0 bridgehead atoms. The number of guanidine groups is 1. The maximum atomic E-state index is 11.1. The molecule has 104 valence electrons. The lowest BCUT2D eigenvalue weighted by Crippen LogP contribution is -2.23. The van der Waals surface area contributed by atoms with Gasteiger partial charge < -0.3 is 20.9 Å². The Hall–Kier alpha value is -2.24. The van der Waals surface area contributed by atoms with Gasteiger partial charge in [-0.1, -0.05) is 12.1 Å². The summed E-state index contributed by atoms with van der Waals surface area (Å²) >= 11 is 0. The smallest absolute Gasteiger partial charge is 0.344 e. The van der Waals surface area contributed by atoms with Crippen LogP contribution in [0.5, 0.6) is 5.75 Å². The van der Waals surface area contributed by atoms with Gasteiger partial charge in [0.05, 0.1) is 6.61 Å². The first-order valence-corrected chi connectivity index (χ1v) is 6.04. The van der Waals surface area contributed by atoms with Gasteiger partial charge in [-0.05, 0) is 31.0 Å². The molecule has 19 heavy (non-hydrogen) atoms. The van der Waals surface area contributed by atoms with E-state index in [1.165, 1.54) is 0 Å². The Kier molecular flexibility index (Phi) is 6.21. The van der Waals surface area contributed by atoms with E-state index in [9.17, 15) is 4.79 Å². The van der Waals surface area contributed by atoms with Gasteiger partial charge in [0.15, 0.2) is 12.6 Å². The molecule has 0 heterocycles. The third kappa shape index (κ3) is 6.30. The minimum atomic E-state index is -0.376. The lowest BCUT2D eigenvalue weighted by atomic mass is 10.1. The van der Waals surface area contributed by atoms with Crippen molar-refractivity contribution in [1.82, 2.24) is 0 Å². The zero-order chi connectivity index (χ0) is 14.1. The fraction of sp³-hybridized carbons (Fsp3) is 0.385. The predicted octanol–water partition coefficient (Wildman–Crippen LogP) is 0.444. The Morgan fingerprint density at radius 1 is 1.26 bits per heavy atom. The predicted molar refractivity (Wildman–Crippen MR) is 73.0 cm³/mol. The van der Waals surface area contributed by atoms with Crippen molar-refractivity contribution in [3.63, 3.8) is 0 Å². The van der Waals surface area contributed by atoms with Gasteiger partial charge in [0.2, 0.25) is 0 Å². The topological polar surface area (TPSA) is 99.9 Å². The Morgan fingerprint density at radius 3 is 2.53 bits per heavy atom. The number of aliphatic imine (C=N–C) groups is 1. The summed E-state index contributed by atoms with van der Waals surface area (Å²) in [6, 6.07) is 7.40. The van der Waals surface area contributed by atoms with Gasteiger partial charge in [0, 0.05) is 6.54 Å². The number of benzene rings is 1. The largest absolute Gasteiger partial charge is 0.482 e. The van der Waals surface area contributed by atoms with E-state index >= 15 is 0 Å². The number of nitrogens with zero attached hydrogens (tertiary/aromatic N) is 1. The first kappa shape index (κ1) is 14.8. The molecule has 0 aliphatic rings. The number of carbonyl (C=O) groups is 1. The fourth-order valence-corrected chi connectivity index (χ4v) is 1.41. The highest BCUT2D eigenvalue weighted by molar-refractivity contribution is 5.75.